The van der Waals surface area contributed by atoms with E-state index >= 15 is 0 Å². The molecule has 5 nitrogen and oxygen atoms in total. The van der Waals surface area contributed by atoms with Crippen LogP contribution in [0.3, 0.4) is 0 Å². The van der Waals surface area contributed by atoms with Gasteiger partial charge in [-0.1, -0.05) is 24.3 Å². The van der Waals surface area contributed by atoms with Crippen molar-refractivity contribution in [2.24, 2.45) is 0 Å². The van der Waals surface area contributed by atoms with Crippen LogP contribution in [0.15, 0.2) is 28.7 Å². The summed E-state index contributed by atoms with van der Waals surface area (Å²) in [7, 11) is 3.04. The molecule has 118 valence electrons. The van der Waals surface area contributed by atoms with E-state index < -0.39 is 18.0 Å². The maximum atomic E-state index is 10.7. The van der Waals surface area contributed by atoms with E-state index in [2.05, 4.69) is 0 Å². The van der Waals surface area contributed by atoms with Gasteiger partial charge in [0, 0.05) is 25.3 Å². The summed E-state index contributed by atoms with van der Waals surface area (Å²) < 4.78 is 16.7. The molecule has 2 aromatic rings. The molecular formula is C17H20O5. The maximum absolute atomic E-state index is 10.7. The molecule has 2 atom stereocenters. The molecule has 3 rings (SSSR count). The zero-order chi connectivity index (χ0) is 16.1. The largest absolute Gasteiger partial charge is 0.456 e. The Balaban J connectivity index is 2.21. The highest BCUT2D eigenvalue weighted by atomic mass is 16.7. The number of fused-ring (bicyclic) bond motifs is 2. The van der Waals surface area contributed by atoms with Crippen LogP contribution in [0, 0.1) is 6.92 Å². The topological polar surface area (TPSA) is 72.1 Å². The van der Waals surface area contributed by atoms with Gasteiger partial charge < -0.3 is 24.1 Å². The summed E-state index contributed by atoms with van der Waals surface area (Å²) in [5.74, 6) is -0.278. The average molecular weight is 304 g/mol. The van der Waals surface area contributed by atoms with Gasteiger partial charge in [0.15, 0.2) is 5.76 Å². The average Bonchev–Trinajstić information content (AvgIpc) is 2.90. The lowest BCUT2D eigenvalue weighted by molar-refractivity contribution is -0.213. The van der Waals surface area contributed by atoms with Gasteiger partial charge in [0.05, 0.1) is 0 Å². The van der Waals surface area contributed by atoms with E-state index in [1.54, 1.807) is 13.0 Å². The lowest BCUT2D eigenvalue weighted by atomic mass is 9.84. The van der Waals surface area contributed by atoms with Crippen LogP contribution in [0.25, 0.3) is 0 Å². The Morgan fingerprint density at radius 3 is 2.14 bits per heavy atom. The molecule has 5 heteroatoms. The van der Waals surface area contributed by atoms with Crippen LogP contribution in [0.2, 0.25) is 0 Å². The highest BCUT2D eigenvalue weighted by molar-refractivity contribution is 5.51. The van der Waals surface area contributed by atoms with Gasteiger partial charge in [-0.2, -0.15) is 0 Å². The third kappa shape index (κ3) is 1.94. The van der Waals surface area contributed by atoms with Gasteiger partial charge in [0.1, 0.15) is 18.0 Å². The predicted octanol–water partition coefficient (Wildman–Crippen LogP) is 2.53. The Bertz CT molecular complexity index is 699. The van der Waals surface area contributed by atoms with Crippen molar-refractivity contribution >= 4 is 0 Å². The van der Waals surface area contributed by atoms with Crippen LogP contribution in [0.1, 0.15) is 52.9 Å². The SMILES string of the molecule is COC(C)(OC)c1oc2c(c1C)C(O)c1ccccc1C2O. The van der Waals surface area contributed by atoms with Crippen molar-refractivity contribution in [2.45, 2.75) is 31.8 Å². The molecular weight excluding hydrogens is 284 g/mol. The van der Waals surface area contributed by atoms with Crippen LogP contribution < -0.4 is 0 Å². The minimum Gasteiger partial charge on any atom is -0.456 e. The molecule has 1 aromatic heterocycles. The van der Waals surface area contributed by atoms with Crippen molar-refractivity contribution in [3.05, 3.63) is 58.0 Å². The summed E-state index contributed by atoms with van der Waals surface area (Å²) in [5, 5.41) is 21.3. The summed E-state index contributed by atoms with van der Waals surface area (Å²) in [6.45, 7) is 3.56. The molecule has 0 saturated carbocycles. The summed E-state index contributed by atoms with van der Waals surface area (Å²) in [5.41, 5.74) is 2.65. The van der Waals surface area contributed by atoms with Crippen LogP contribution in [0.4, 0.5) is 0 Å². The third-order valence-corrected chi connectivity index (χ3v) is 4.52. The monoisotopic (exact) mass is 304 g/mol. The number of hydrogen-bond acceptors (Lipinski definition) is 5. The lowest BCUT2D eigenvalue weighted by Gasteiger charge is -2.25. The third-order valence-electron chi connectivity index (χ3n) is 4.52. The minimum absolute atomic E-state index is 0.346. The Labute approximate surface area is 129 Å². The molecule has 22 heavy (non-hydrogen) atoms. The van der Waals surface area contributed by atoms with Crippen LogP contribution in [-0.4, -0.2) is 24.4 Å². The minimum atomic E-state index is -1.08. The zero-order valence-electron chi connectivity index (χ0n) is 13.1. The maximum Gasteiger partial charge on any atom is 0.225 e. The smallest absolute Gasteiger partial charge is 0.225 e. The van der Waals surface area contributed by atoms with Crippen molar-refractivity contribution < 1.29 is 24.1 Å². The first kappa shape index (κ1) is 15.2. The van der Waals surface area contributed by atoms with Crippen LogP contribution in [-0.2, 0) is 15.3 Å². The molecule has 2 N–H and O–H groups in total. The standard InChI is InChI=1S/C17H20O5/c1-9-12-13(18)10-7-5-6-8-11(10)14(19)15(12)22-16(9)17(2,20-3)21-4/h5-8,13-14,18-19H,1-4H3. The van der Waals surface area contributed by atoms with Crippen LogP contribution in [0.5, 0.6) is 0 Å². The number of aliphatic hydroxyl groups excluding tert-OH is 2. The first-order valence-corrected chi connectivity index (χ1v) is 7.13. The van der Waals surface area contributed by atoms with Crippen molar-refractivity contribution in [3.63, 3.8) is 0 Å². The van der Waals surface area contributed by atoms with E-state index in [0.717, 1.165) is 5.56 Å². The number of methoxy groups -OCH3 is 2. The molecule has 1 aliphatic rings. The van der Waals surface area contributed by atoms with Gasteiger partial charge in [-0.3, -0.25) is 0 Å². The quantitative estimate of drug-likeness (QED) is 0.853. The summed E-state index contributed by atoms with van der Waals surface area (Å²) in [6, 6.07) is 7.26. The molecule has 2 unspecified atom stereocenters. The fraction of sp³-hybridized carbons (Fsp3) is 0.412. The second-order valence-electron chi connectivity index (χ2n) is 5.62. The summed E-state index contributed by atoms with van der Waals surface area (Å²) in [6.07, 6.45) is -1.76. The van der Waals surface area contributed by atoms with E-state index in [-0.39, 0.29) is 0 Å². The van der Waals surface area contributed by atoms with E-state index in [4.69, 9.17) is 13.9 Å². The first-order valence-electron chi connectivity index (χ1n) is 7.13. The van der Waals surface area contributed by atoms with Crippen molar-refractivity contribution in [1.29, 1.82) is 0 Å². The Kier molecular flexibility index (Phi) is 3.61. The number of rotatable bonds is 3. The molecule has 0 aliphatic heterocycles. The van der Waals surface area contributed by atoms with Crippen molar-refractivity contribution in [1.82, 2.24) is 0 Å². The summed E-state index contributed by atoms with van der Waals surface area (Å²) >= 11 is 0. The number of hydrogen-bond donors (Lipinski definition) is 2. The molecule has 0 radical (unpaired) electrons. The fourth-order valence-corrected chi connectivity index (χ4v) is 3.10. The van der Waals surface area contributed by atoms with Gasteiger partial charge >= 0.3 is 0 Å². The molecule has 0 spiro atoms. The van der Waals surface area contributed by atoms with E-state index in [9.17, 15) is 10.2 Å². The Hall–Kier alpha value is -1.66. The molecule has 0 bridgehead atoms. The molecule has 0 fully saturated rings. The second kappa shape index (κ2) is 5.21. The molecule has 1 heterocycles. The number of furan rings is 1. The summed E-state index contributed by atoms with van der Waals surface area (Å²) in [4.78, 5) is 0. The first-order chi connectivity index (χ1) is 10.4. The highest BCUT2D eigenvalue weighted by Gasteiger charge is 2.41. The number of benzene rings is 1. The normalized spacial score (nSPS) is 20.6. The molecule has 0 amide bonds. The van der Waals surface area contributed by atoms with Crippen molar-refractivity contribution in [2.75, 3.05) is 14.2 Å². The second-order valence-corrected chi connectivity index (χ2v) is 5.62. The Morgan fingerprint density at radius 2 is 1.59 bits per heavy atom. The predicted molar refractivity (Wildman–Crippen MR) is 79.4 cm³/mol. The molecule has 1 aliphatic carbocycles. The van der Waals surface area contributed by atoms with Gasteiger partial charge in [-0.15, -0.1) is 0 Å². The number of ether oxygens (including phenoxy) is 2. The van der Waals surface area contributed by atoms with Gasteiger partial charge in [0.2, 0.25) is 5.79 Å². The van der Waals surface area contributed by atoms with Gasteiger partial charge in [-0.05, 0) is 25.0 Å². The van der Waals surface area contributed by atoms with Gasteiger partial charge in [0.25, 0.3) is 0 Å². The lowest BCUT2D eigenvalue weighted by Crippen LogP contribution is -2.27. The Morgan fingerprint density at radius 1 is 1.05 bits per heavy atom. The van der Waals surface area contributed by atoms with Crippen molar-refractivity contribution in [3.8, 4) is 0 Å². The fourth-order valence-electron chi connectivity index (χ4n) is 3.10. The highest BCUT2D eigenvalue weighted by Crippen LogP contribution is 2.46. The molecule has 0 saturated heterocycles. The van der Waals surface area contributed by atoms with E-state index in [1.807, 2.05) is 25.1 Å². The zero-order valence-corrected chi connectivity index (χ0v) is 13.1. The van der Waals surface area contributed by atoms with Gasteiger partial charge in [-0.25, -0.2) is 0 Å². The van der Waals surface area contributed by atoms with E-state index in [1.165, 1.54) is 14.2 Å². The number of aliphatic hydroxyl groups is 2. The van der Waals surface area contributed by atoms with Crippen LogP contribution >= 0.6 is 0 Å². The van der Waals surface area contributed by atoms with E-state index in [0.29, 0.717) is 28.2 Å². The molecule has 1 aromatic carbocycles.